The summed E-state index contributed by atoms with van der Waals surface area (Å²) in [5.41, 5.74) is 8.97. The molecule has 0 aliphatic heterocycles. The zero-order valence-electron chi connectivity index (χ0n) is 11.9. The zero-order chi connectivity index (χ0) is 15.0. The zero-order valence-corrected chi connectivity index (χ0v) is 12.7. The number of aryl methyl sites for hydroxylation is 1. The Hall–Kier alpha value is -2.14. The highest BCUT2D eigenvalue weighted by atomic mass is 32.1. The summed E-state index contributed by atoms with van der Waals surface area (Å²) in [6.07, 6.45) is 0. The van der Waals surface area contributed by atoms with Crippen LogP contribution in [-0.4, -0.2) is 4.98 Å². The van der Waals surface area contributed by atoms with Crippen molar-refractivity contribution in [2.45, 2.75) is 19.9 Å². The Morgan fingerprint density at radius 1 is 1.24 bits per heavy atom. The number of hydrogen-bond acceptors (Lipinski definition) is 4. The molecule has 0 aliphatic carbocycles. The predicted octanol–water partition coefficient (Wildman–Crippen LogP) is 4.50. The number of nitrogen functional groups attached to an aromatic ring is 1. The molecule has 0 spiro atoms. The number of rotatable bonds is 3. The van der Waals surface area contributed by atoms with Gasteiger partial charge < -0.3 is 11.1 Å². The molecule has 0 bridgehead atoms. The molecule has 3 rings (SSSR count). The third-order valence-corrected chi connectivity index (χ3v) is 4.40. The predicted molar refractivity (Wildman–Crippen MR) is 87.2 cm³/mol. The van der Waals surface area contributed by atoms with Crippen molar-refractivity contribution in [2.24, 2.45) is 0 Å². The smallest absolute Gasteiger partial charge is 0.184 e. The number of nitrogens with zero attached hydrogens (tertiary/aromatic N) is 1. The number of halogens is 1. The van der Waals surface area contributed by atoms with Crippen molar-refractivity contribution in [3.05, 3.63) is 53.3 Å². The van der Waals surface area contributed by atoms with Gasteiger partial charge in [0.15, 0.2) is 5.13 Å². The van der Waals surface area contributed by atoms with E-state index in [2.05, 4.69) is 10.3 Å². The van der Waals surface area contributed by atoms with Gasteiger partial charge >= 0.3 is 0 Å². The molecule has 0 amide bonds. The lowest BCUT2D eigenvalue weighted by Gasteiger charge is -2.13. The van der Waals surface area contributed by atoms with Crippen LogP contribution >= 0.6 is 11.3 Å². The van der Waals surface area contributed by atoms with Crippen molar-refractivity contribution in [2.75, 3.05) is 11.1 Å². The average Bonchev–Trinajstić information content (AvgIpc) is 2.83. The number of aromatic nitrogens is 1. The van der Waals surface area contributed by atoms with Gasteiger partial charge in [-0.1, -0.05) is 23.5 Å². The molecule has 1 heterocycles. The summed E-state index contributed by atoms with van der Waals surface area (Å²) in [7, 11) is 0. The molecule has 3 N–H and O–H groups in total. The van der Waals surface area contributed by atoms with Crippen molar-refractivity contribution in [3.63, 3.8) is 0 Å². The lowest BCUT2D eigenvalue weighted by molar-refractivity contribution is 0.614. The van der Waals surface area contributed by atoms with Gasteiger partial charge in [-0.2, -0.15) is 0 Å². The molecule has 3 aromatic rings. The van der Waals surface area contributed by atoms with Crippen LogP contribution in [0, 0.1) is 12.7 Å². The molecule has 2 aromatic carbocycles. The molecule has 1 aromatic heterocycles. The fourth-order valence-electron chi connectivity index (χ4n) is 2.15. The van der Waals surface area contributed by atoms with Gasteiger partial charge in [-0.3, -0.25) is 0 Å². The second kappa shape index (κ2) is 5.33. The molecule has 1 unspecified atom stereocenters. The third kappa shape index (κ3) is 2.83. The van der Waals surface area contributed by atoms with Gasteiger partial charge in [-0.15, -0.1) is 0 Å². The molecule has 5 heteroatoms. The number of nitrogens with one attached hydrogen (secondary N) is 1. The minimum atomic E-state index is -0.182. The van der Waals surface area contributed by atoms with E-state index in [1.807, 2.05) is 31.2 Å². The highest BCUT2D eigenvalue weighted by Gasteiger charge is 2.11. The van der Waals surface area contributed by atoms with E-state index in [0.29, 0.717) is 5.56 Å². The second-order valence-corrected chi connectivity index (χ2v) is 6.15. The van der Waals surface area contributed by atoms with Crippen LogP contribution < -0.4 is 11.1 Å². The van der Waals surface area contributed by atoms with Crippen LogP contribution in [0.25, 0.3) is 10.2 Å². The fraction of sp³-hybridized carbons (Fsp3) is 0.188. The van der Waals surface area contributed by atoms with E-state index in [-0.39, 0.29) is 11.9 Å². The van der Waals surface area contributed by atoms with Gasteiger partial charge in [-0.25, -0.2) is 9.37 Å². The van der Waals surface area contributed by atoms with Crippen LogP contribution in [0.15, 0.2) is 36.4 Å². The quantitative estimate of drug-likeness (QED) is 0.700. The van der Waals surface area contributed by atoms with Crippen LogP contribution in [0.2, 0.25) is 0 Å². The van der Waals surface area contributed by atoms with Gasteiger partial charge in [0.2, 0.25) is 0 Å². The largest absolute Gasteiger partial charge is 0.399 e. The highest BCUT2D eigenvalue weighted by Crippen LogP contribution is 2.30. The van der Waals surface area contributed by atoms with Gasteiger partial charge in [-0.05, 0) is 49.2 Å². The lowest BCUT2D eigenvalue weighted by atomic mass is 10.1. The van der Waals surface area contributed by atoms with E-state index in [0.717, 1.165) is 26.6 Å². The van der Waals surface area contributed by atoms with Gasteiger partial charge in [0.25, 0.3) is 0 Å². The van der Waals surface area contributed by atoms with Gasteiger partial charge in [0.05, 0.1) is 16.3 Å². The summed E-state index contributed by atoms with van der Waals surface area (Å²) >= 11 is 1.55. The lowest BCUT2D eigenvalue weighted by Crippen LogP contribution is -2.06. The first-order valence-electron chi connectivity index (χ1n) is 6.71. The van der Waals surface area contributed by atoms with E-state index in [1.54, 1.807) is 30.4 Å². The third-order valence-electron chi connectivity index (χ3n) is 3.45. The summed E-state index contributed by atoms with van der Waals surface area (Å²) in [6.45, 7) is 3.75. The fourth-order valence-corrected chi connectivity index (χ4v) is 3.15. The number of hydrogen-bond donors (Lipinski definition) is 2. The topological polar surface area (TPSA) is 50.9 Å². The van der Waals surface area contributed by atoms with E-state index in [1.165, 1.54) is 0 Å². The first-order chi connectivity index (χ1) is 10.0. The first-order valence-corrected chi connectivity index (χ1v) is 7.53. The summed E-state index contributed by atoms with van der Waals surface area (Å²) in [6, 6.07) is 10.9. The van der Waals surface area contributed by atoms with E-state index in [4.69, 9.17) is 5.73 Å². The van der Waals surface area contributed by atoms with Crippen LogP contribution in [0.1, 0.15) is 24.1 Å². The second-order valence-electron chi connectivity index (χ2n) is 5.12. The van der Waals surface area contributed by atoms with Crippen LogP contribution in [0.3, 0.4) is 0 Å². The Labute approximate surface area is 126 Å². The van der Waals surface area contributed by atoms with Crippen LogP contribution in [0.5, 0.6) is 0 Å². The Balaban J connectivity index is 1.85. The van der Waals surface area contributed by atoms with Gasteiger partial charge in [0, 0.05) is 5.69 Å². The molecule has 3 nitrogen and oxygen atoms in total. The number of benzene rings is 2. The molecule has 0 aliphatic rings. The van der Waals surface area contributed by atoms with Crippen molar-refractivity contribution < 1.29 is 4.39 Å². The molecule has 0 radical (unpaired) electrons. The molecule has 21 heavy (non-hydrogen) atoms. The summed E-state index contributed by atoms with van der Waals surface area (Å²) < 4.78 is 14.7. The molecular formula is C16H16FN3S. The van der Waals surface area contributed by atoms with Crippen molar-refractivity contribution in [3.8, 4) is 0 Å². The normalized spacial score (nSPS) is 12.5. The standard InChI is InChI=1S/C16H16FN3S/c1-9-3-4-11(7-13(9)17)10(2)19-16-20-14-6-5-12(18)8-15(14)21-16/h3-8,10H,18H2,1-2H3,(H,19,20). The maximum absolute atomic E-state index is 13.6. The average molecular weight is 301 g/mol. The SMILES string of the molecule is Cc1ccc(C(C)Nc2nc3ccc(N)cc3s2)cc1F. The first kappa shape index (κ1) is 13.8. The van der Waals surface area contributed by atoms with Crippen molar-refractivity contribution in [1.82, 2.24) is 4.98 Å². The Kier molecular flexibility index (Phi) is 3.51. The van der Waals surface area contributed by atoms with E-state index >= 15 is 0 Å². The molecule has 0 saturated carbocycles. The summed E-state index contributed by atoms with van der Waals surface area (Å²) in [5, 5.41) is 4.12. The summed E-state index contributed by atoms with van der Waals surface area (Å²) in [5.74, 6) is -0.182. The summed E-state index contributed by atoms with van der Waals surface area (Å²) in [4.78, 5) is 4.52. The monoisotopic (exact) mass is 301 g/mol. The number of fused-ring (bicyclic) bond motifs is 1. The number of anilines is 2. The van der Waals surface area contributed by atoms with Crippen LogP contribution in [0.4, 0.5) is 15.2 Å². The van der Waals surface area contributed by atoms with Crippen LogP contribution in [-0.2, 0) is 0 Å². The van der Waals surface area contributed by atoms with Gasteiger partial charge in [0.1, 0.15) is 5.82 Å². The Morgan fingerprint density at radius 2 is 2.05 bits per heavy atom. The molecular weight excluding hydrogens is 285 g/mol. The Bertz CT molecular complexity index is 797. The van der Waals surface area contributed by atoms with E-state index < -0.39 is 0 Å². The molecule has 0 saturated heterocycles. The maximum Gasteiger partial charge on any atom is 0.184 e. The van der Waals surface area contributed by atoms with E-state index in [9.17, 15) is 4.39 Å². The minimum Gasteiger partial charge on any atom is -0.399 e. The maximum atomic E-state index is 13.6. The highest BCUT2D eigenvalue weighted by molar-refractivity contribution is 7.22. The molecule has 1 atom stereocenters. The molecule has 0 fully saturated rings. The van der Waals surface area contributed by atoms with Crippen molar-refractivity contribution >= 4 is 32.4 Å². The Morgan fingerprint density at radius 3 is 2.81 bits per heavy atom. The van der Waals surface area contributed by atoms with Crippen molar-refractivity contribution in [1.29, 1.82) is 0 Å². The number of thiazole rings is 1. The number of nitrogens with two attached hydrogens (primary N) is 1. The minimum absolute atomic E-state index is 0.0157. The molecule has 108 valence electrons.